The first-order valence-electron chi connectivity index (χ1n) is 11.1. The third-order valence-electron chi connectivity index (χ3n) is 5.90. The second-order valence-electron chi connectivity index (χ2n) is 8.14. The van der Waals surface area contributed by atoms with Gasteiger partial charge in [0.25, 0.3) is 5.91 Å². The van der Waals surface area contributed by atoms with Gasteiger partial charge in [-0.05, 0) is 30.7 Å². The van der Waals surface area contributed by atoms with Crippen molar-refractivity contribution < 1.29 is 14.3 Å². The van der Waals surface area contributed by atoms with E-state index in [1.807, 2.05) is 23.3 Å². The highest BCUT2D eigenvalue weighted by atomic mass is 35.5. The molecule has 11 heteroatoms. The molecule has 3 aromatic rings. The van der Waals surface area contributed by atoms with E-state index in [1.54, 1.807) is 36.2 Å². The van der Waals surface area contributed by atoms with Gasteiger partial charge in [-0.25, -0.2) is 14.9 Å². The lowest BCUT2D eigenvalue weighted by Crippen LogP contribution is -2.40. The first-order valence-corrected chi connectivity index (χ1v) is 11.5. The standard InChI is InChI=1S/C23H26ClN7O3/c1-33-20-4-3-15(24)11-17(20)21-19(13-30(29-21)9-7-25-16-5-10-34-14-16)28-23(32)18-12-27-31-8-2-6-26-22(18)31/h2-4,6,8,11-13,16,21,25,29H,5,7,9-10,14H2,1H3,(H,28,32). The summed E-state index contributed by atoms with van der Waals surface area (Å²) in [5.74, 6) is 0.374. The van der Waals surface area contributed by atoms with Crippen molar-refractivity contribution in [2.45, 2.75) is 18.5 Å². The van der Waals surface area contributed by atoms with Gasteiger partial charge in [0, 0.05) is 54.9 Å². The van der Waals surface area contributed by atoms with Crippen LogP contribution in [-0.4, -0.2) is 65.0 Å². The minimum atomic E-state index is -0.359. The van der Waals surface area contributed by atoms with Crippen LogP contribution in [0.5, 0.6) is 5.75 Å². The van der Waals surface area contributed by atoms with Gasteiger partial charge in [-0.15, -0.1) is 0 Å². The van der Waals surface area contributed by atoms with Gasteiger partial charge in [0.1, 0.15) is 11.3 Å². The number of hydrogen-bond donors (Lipinski definition) is 3. The van der Waals surface area contributed by atoms with Crippen molar-refractivity contribution >= 4 is 23.2 Å². The second kappa shape index (κ2) is 9.98. The average Bonchev–Trinajstić information content (AvgIpc) is 3.59. The van der Waals surface area contributed by atoms with Gasteiger partial charge in [-0.1, -0.05) is 11.6 Å². The van der Waals surface area contributed by atoms with E-state index in [2.05, 4.69) is 26.1 Å². The fourth-order valence-electron chi connectivity index (χ4n) is 4.19. The summed E-state index contributed by atoms with van der Waals surface area (Å²) >= 11 is 6.30. The van der Waals surface area contributed by atoms with Gasteiger partial charge in [-0.3, -0.25) is 4.79 Å². The third kappa shape index (κ3) is 4.71. The highest BCUT2D eigenvalue weighted by Gasteiger charge is 2.30. The predicted molar refractivity (Wildman–Crippen MR) is 126 cm³/mol. The van der Waals surface area contributed by atoms with Crippen molar-refractivity contribution in [3.05, 3.63) is 70.9 Å². The Bertz CT molecular complexity index is 1210. The SMILES string of the molecule is COc1ccc(Cl)cc1C1NN(CCNC2CCOC2)C=C1NC(=O)c1cnn2cccnc12. The van der Waals surface area contributed by atoms with Crippen LogP contribution in [0.4, 0.5) is 0 Å². The topological polar surface area (TPSA) is 105 Å². The Morgan fingerprint density at radius 2 is 2.32 bits per heavy atom. The van der Waals surface area contributed by atoms with Crippen LogP contribution in [0.1, 0.15) is 28.4 Å². The molecule has 0 bridgehead atoms. The van der Waals surface area contributed by atoms with Crippen LogP contribution < -0.4 is 20.8 Å². The van der Waals surface area contributed by atoms with Crippen LogP contribution in [0, 0.1) is 0 Å². The average molecular weight is 484 g/mol. The summed E-state index contributed by atoms with van der Waals surface area (Å²) in [6.45, 7) is 2.98. The van der Waals surface area contributed by atoms with Crippen molar-refractivity contribution in [3.63, 3.8) is 0 Å². The number of hydrazine groups is 1. The molecule has 3 N–H and O–H groups in total. The summed E-state index contributed by atoms with van der Waals surface area (Å²) in [4.78, 5) is 17.5. The van der Waals surface area contributed by atoms with E-state index in [1.165, 1.54) is 6.20 Å². The maximum atomic E-state index is 13.2. The van der Waals surface area contributed by atoms with Crippen LogP contribution >= 0.6 is 11.6 Å². The molecule has 0 radical (unpaired) electrons. The number of ether oxygens (including phenoxy) is 2. The highest BCUT2D eigenvalue weighted by Crippen LogP contribution is 2.34. The molecule has 2 aliphatic heterocycles. The number of amides is 1. The summed E-state index contributed by atoms with van der Waals surface area (Å²) < 4.78 is 12.6. The first-order chi connectivity index (χ1) is 16.6. The Hall–Kier alpha value is -3.18. The molecule has 2 aromatic heterocycles. The lowest BCUT2D eigenvalue weighted by atomic mass is 10.0. The molecule has 2 aliphatic rings. The monoisotopic (exact) mass is 483 g/mol. The molecule has 5 rings (SSSR count). The number of nitrogens with one attached hydrogen (secondary N) is 3. The van der Waals surface area contributed by atoms with E-state index >= 15 is 0 Å². The first kappa shape index (κ1) is 22.6. The molecule has 34 heavy (non-hydrogen) atoms. The number of nitrogens with zero attached hydrogens (tertiary/aromatic N) is 4. The van der Waals surface area contributed by atoms with E-state index in [4.69, 9.17) is 21.1 Å². The number of carbonyl (C=O) groups excluding carboxylic acids is 1. The molecular weight excluding hydrogens is 458 g/mol. The summed E-state index contributed by atoms with van der Waals surface area (Å²) in [6, 6.07) is 7.21. The summed E-state index contributed by atoms with van der Waals surface area (Å²) in [7, 11) is 1.61. The molecule has 2 atom stereocenters. The molecule has 0 saturated carbocycles. The van der Waals surface area contributed by atoms with Gasteiger partial charge in [0.05, 0.1) is 31.7 Å². The van der Waals surface area contributed by atoms with Crippen molar-refractivity contribution in [2.24, 2.45) is 0 Å². The number of carbonyl (C=O) groups is 1. The normalized spacial score (nSPS) is 20.1. The largest absolute Gasteiger partial charge is 0.496 e. The molecule has 1 aromatic carbocycles. The third-order valence-corrected chi connectivity index (χ3v) is 6.14. The Kier molecular flexibility index (Phi) is 6.63. The number of rotatable bonds is 8. The Labute approximate surface area is 201 Å². The molecule has 1 fully saturated rings. The van der Waals surface area contributed by atoms with Crippen molar-refractivity contribution in [1.29, 1.82) is 0 Å². The van der Waals surface area contributed by atoms with Crippen molar-refractivity contribution in [1.82, 2.24) is 35.7 Å². The minimum Gasteiger partial charge on any atom is -0.496 e. The van der Waals surface area contributed by atoms with E-state index in [9.17, 15) is 4.79 Å². The van der Waals surface area contributed by atoms with Gasteiger partial charge in [0.15, 0.2) is 5.65 Å². The van der Waals surface area contributed by atoms with Gasteiger partial charge < -0.3 is 25.1 Å². The summed E-state index contributed by atoms with van der Waals surface area (Å²) in [5, 5.41) is 13.3. The number of aromatic nitrogens is 3. The Morgan fingerprint density at radius 3 is 3.15 bits per heavy atom. The van der Waals surface area contributed by atoms with Crippen molar-refractivity contribution in [3.8, 4) is 5.75 Å². The smallest absolute Gasteiger partial charge is 0.261 e. The number of methoxy groups -OCH3 is 1. The van der Waals surface area contributed by atoms with Gasteiger partial charge in [-0.2, -0.15) is 5.10 Å². The number of benzene rings is 1. The minimum absolute atomic E-state index is 0.296. The number of fused-ring (bicyclic) bond motifs is 1. The molecule has 2 unspecified atom stereocenters. The fraction of sp³-hybridized carbons (Fsp3) is 0.348. The summed E-state index contributed by atoms with van der Waals surface area (Å²) in [5.41, 5.74) is 5.82. The van der Waals surface area contributed by atoms with E-state index in [-0.39, 0.29) is 11.9 Å². The van der Waals surface area contributed by atoms with Crippen molar-refractivity contribution in [2.75, 3.05) is 33.4 Å². The molecule has 4 heterocycles. The molecule has 0 aliphatic carbocycles. The zero-order valence-corrected chi connectivity index (χ0v) is 19.5. The van der Waals surface area contributed by atoms with Crippen LogP contribution in [0.25, 0.3) is 5.65 Å². The molecule has 1 saturated heterocycles. The number of hydrogen-bond acceptors (Lipinski definition) is 8. The molecule has 0 spiro atoms. The Balaban J connectivity index is 1.37. The summed E-state index contributed by atoms with van der Waals surface area (Å²) in [6.07, 6.45) is 7.81. The maximum Gasteiger partial charge on any atom is 0.261 e. The van der Waals surface area contributed by atoms with Crippen LogP contribution in [0.3, 0.4) is 0 Å². The van der Waals surface area contributed by atoms with Gasteiger partial charge in [0.2, 0.25) is 0 Å². The predicted octanol–water partition coefficient (Wildman–Crippen LogP) is 1.90. The van der Waals surface area contributed by atoms with E-state index in [0.29, 0.717) is 40.3 Å². The Morgan fingerprint density at radius 1 is 1.41 bits per heavy atom. The zero-order valence-electron chi connectivity index (χ0n) is 18.7. The van der Waals surface area contributed by atoms with Crippen LogP contribution in [0.2, 0.25) is 5.02 Å². The number of halogens is 1. The van der Waals surface area contributed by atoms with E-state index < -0.39 is 0 Å². The fourth-order valence-corrected chi connectivity index (χ4v) is 4.37. The lowest BCUT2D eigenvalue weighted by molar-refractivity contribution is 0.0964. The van der Waals surface area contributed by atoms with Crippen LogP contribution in [0.15, 0.2) is 54.8 Å². The molecular formula is C23H26ClN7O3. The zero-order chi connectivity index (χ0) is 23.5. The molecule has 1 amide bonds. The van der Waals surface area contributed by atoms with Crippen LogP contribution in [-0.2, 0) is 4.74 Å². The van der Waals surface area contributed by atoms with Gasteiger partial charge >= 0.3 is 0 Å². The second-order valence-corrected chi connectivity index (χ2v) is 8.58. The maximum absolute atomic E-state index is 13.2. The quantitative estimate of drug-likeness (QED) is 0.446. The molecule has 178 valence electrons. The highest BCUT2D eigenvalue weighted by molar-refractivity contribution is 6.30. The van der Waals surface area contributed by atoms with E-state index in [0.717, 1.165) is 31.7 Å². The molecule has 10 nitrogen and oxygen atoms in total. The lowest BCUT2D eigenvalue weighted by Gasteiger charge is -2.23.